The maximum Gasteiger partial charge on any atom is 0.416 e. The zero-order valence-corrected chi connectivity index (χ0v) is 13.6. The minimum absolute atomic E-state index is 0.267. The van der Waals surface area contributed by atoms with Gasteiger partial charge in [-0.15, -0.1) is 0 Å². The van der Waals surface area contributed by atoms with Crippen LogP contribution in [0.2, 0.25) is 0 Å². The Morgan fingerprint density at radius 1 is 1.13 bits per heavy atom. The molecule has 1 unspecified atom stereocenters. The fourth-order valence-corrected chi connectivity index (χ4v) is 2.74. The second kappa shape index (κ2) is 6.49. The maximum absolute atomic E-state index is 12.6. The van der Waals surface area contributed by atoms with E-state index in [9.17, 15) is 13.2 Å². The molecule has 23 heavy (non-hydrogen) atoms. The molecule has 0 N–H and O–H groups in total. The molecular formula is C16H14BrF3N2O. The molecule has 0 amide bonds. The van der Waals surface area contributed by atoms with Crippen molar-refractivity contribution in [2.24, 2.45) is 0 Å². The molecule has 2 aromatic rings. The molecule has 0 spiro atoms. The molecule has 0 radical (unpaired) electrons. The standard InChI is InChI=1S/C16H14BrF3N2O/c17-13-5-6-15(21-9-13)22-7-8-23-14(10-22)11-1-3-12(4-2-11)16(18,19)20/h1-6,9,14H,7-8,10H2. The van der Waals surface area contributed by atoms with Crippen molar-refractivity contribution in [3.63, 3.8) is 0 Å². The average Bonchev–Trinajstić information content (AvgIpc) is 2.55. The molecule has 122 valence electrons. The summed E-state index contributed by atoms with van der Waals surface area (Å²) in [7, 11) is 0. The van der Waals surface area contributed by atoms with Crippen molar-refractivity contribution in [2.45, 2.75) is 12.3 Å². The number of benzene rings is 1. The average molecular weight is 387 g/mol. The van der Waals surface area contributed by atoms with Crippen LogP contribution < -0.4 is 4.90 Å². The minimum atomic E-state index is -4.32. The SMILES string of the molecule is FC(F)(F)c1ccc(C2CN(c3ccc(Br)cn3)CCO2)cc1. The monoisotopic (exact) mass is 386 g/mol. The Bertz CT molecular complexity index is 659. The summed E-state index contributed by atoms with van der Waals surface area (Å²) < 4.78 is 44.5. The van der Waals surface area contributed by atoms with E-state index in [1.807, 2.05) is 12.1 Å². The van der Waals surface area contributed by atoms with Gasteiger partial charge in [0.25, 0.3) is 0 Å². The second-order valence-corrected chi connectivity index (χ2v) is 6.18. The molecule has 1 saturated heterocycles. The van der Waals surface area contributed by atoms with Crippen LogP contribution in [-0.2, 0) is 10.9 Å². The summed E-state index contributed by atoms with van der Waals surface area (Å²) in [6.07, 6.45) is -2.87. The van der Waals surface area contributed by atoms with Gasteiger partial charge >= 0.3 is 6.18 Å². The molecule has 3 nitrogen and oxygen atoms in total. The lowest BCUT2D eigenvalue weighted by atomic mass is 10.1. The van der Waals surface area contributed by atoms with E-state index >= 15 is 0 Å². The number of hydrogen-bond donors (Lipinski definition) is 0. The summed E-state index contributed by atoms with van der Waals surface area (Å²) in [6.45, 7) is 1.76. The van der Waals surface area contributed by atoms with Crippen LogP contribution in [0.1, 0.15) is 17.2 Å². The molecule has 1 fully saturated rings. The van der Waals surface area contributed by atoms with Gasteiger partial charge in [0.05, 0.1) is 12.2 Å². The van der Waals surface area contributed by atoms with E-state index in [2.05, 4.69) is 25.8 Å². The molecule has 1 atom stereocenters. The first-order chi connectivity index (χ1) is 10.9. The fraction of sp³-hybridized carbons (Fsp3) is 0.312. The molecule has 0 bridgehead atoms. The summed E-state index contributed by atoms with van der Waals surface area (Å²) in [4.78, 5) is 6.42. The van der Waals surface area contributed by atoms with E-state index in [-0.39, 0.29) is 6.10 Å². The van der Waals surface area contributed by atoms with E-state index < -0.39 is 11.7 Å². The predicted octanol–water partition coefficient (Wildman–Crippen LogP) is 4.44. The number of nitrogens with zero attached hydrogens (tertiary/aromatic N) is 2. The highest BCUT2D eigenvalue weighted by molar-refractivity contribution is 9.10. The van der Waals surface area contributed by atoms with Crippen molar-refractivity contribution < 1.29 is 17.9 Å². The Morgan fingerprint density at radius 3 is 2.48 bits per heavy atom. The predicted molar refractivity (Wildman–Crippen MR) is 84.3 cm³/mol. The molecule has 1 aromatic carbocycles. The van der Waals surface area contributed by atoms with Crippen LogP contribution in [0.15, 0.2) is 47.1 Å². The number of alkyl halides is 3. The Labute approximate surface area is 140 Å². The third kappa shape index (κ3) is 3.84. The molecular weight excluding hydrogens is 373 g/mol. The summed E-state index contributed by atoms with van der Waals surface area (Å²) in [5, 5.41) is 0. The van der Waals surface area contributed by atoms with Gasteiger partial charge < -0.3 is 9.64 Å². The fourth-order valence-electron chi connectivity index (χ4n) is 2.50. The van der Waals surface area contributed by atoms with Crippen LogP contribution >= 0.6 is 15.9 Å². The van der Waals surface area contributed by atoms with Crippen LogP contribution in [-0.4, -0.2) is 24.7 Å². The quantitative estimate of drug-likeness (QED) is 0.762. The second-order valence-electron chi connectivity index (χ2n) is 5.26. The molecule has 1 aliphatic heterocycles. The lowest BCUT2D eigenvalue weighted by Gasteiger charge is -2.34. The van der Waals surface area contributed by atoms with Crippen LogP contribution in [0.25, 0.3) is 0 Å². The van der Waals surface area contributed by atoms with Crippen molar-refractivity contribution in [3.8, 4) is 0 Å². The number of pyridine rings is 1. The highest BCUT2D eigenvalue weighted by atomic mass is 79.9. The van der Waals surface area contributed by atoms with Gasteiger partial charge in [-0.2, -0.15) is 13.2 Å². The normalized spacial score (nSPS) is 19.0. The van der Waals surface area contributed by atoms with Crippen molar-refractivity contribution in [1.29, 1.82) is 0 Å². The van der Waals surface area contributed by atoms with Crippen LogP contribution in [0, 0.1) is 0 Å². The van der Waals surface area contributed by atoms with Gasteiger partial charge in [0.1, 0.15) is 11.9 Å². The highest BCUT2D eigenvalue weighted by Gasteiger charge is 2.31. The van der Waals surface area contributed by atoms with Crippen molar-refractivity contribution in [1.82, 2.24) is 4.98 Å². The first-order valence-corrected chi connectivity index (χ1v) is 7.88. The van der Waals surface area contributed by atoms with E-state index in [0.717, 1.165) is 28.0 Å². The third-order valence-electron chi connectivity index (χ3n) is 3.71. The Hall–Kier alpha value is -1.60. The Balaban J connectivity index is 1.74. The van der Waals surface area contributed by atoms with E-state index in [0.29, 0.717) is 19.7 Å². The third-order valence-corrected chi connectivity index (χ3v) is 4.18. The van der Waals surface area contributed by atoms with E-state index in [1.54, 1.807) is 6.20 Å². The molecule has 0 saturated carbocycles. The Kier molecular flexibility index (Phi) is 4.59. The summed E-state index contributed by atoms with van der Waals surface area (Å²) in [5.41, 5.74) is 0.0864. The molecule has 1 aromatic heterocycles. The smallest absolute Gasteiger partial charge is 0.370 e. The topological polar surface area (TPSA) is 25.4 Å². The lowest BCUT2D eigenvalue weighted by molar-refractivity contribution is -0.137. The summed E-state index contributed by atoms with van der Waals surface area (Å²) in [6, 6.07) is 8.95. The molecule has 2 heterocycles. The number of hydrogen-bond acceptors (Lipinski definition) is 3. The first-order valence-electron chi connectivity index (χ1n) is 7.09. The largest absolute Gasteiger partial charge is 0.416 e. The number of halogens is 4. The van der Waals surface area contributed by atoms with E-state index in [4.69, 9.17) is 4.74 Å². The maximum atomic E-state index is 12.6. The van der Waals surface area contributed by atoms with Crippen LogP contribution in [0.3, 0.4) is 0 Å². The number of aromatic nitrogens is 1. The summed E-state index contributed by atoms with van der Waals surface area (Å²) in [5.74, 6) is 0.827. The zero-order valence-electron chi connectivity index (χ0n) is 12.1. The molecule has 1 aliphatic rings. The number of rotatable bonds is 2. The van der Waals surface area contributed by atoms with Gasteiger partial charge in [-0.25, -0.2) is 4.98 Å². The number of ether oxygens (including phenoxy) is 1. The van der Waals surface area contributed by atoms with Gasteiger partial charge in [-0.1, -0.05) is 12.1 Å². The van der Waals surface area contributed by atoms with Gasteiger partial charge in [0, 0.05) is 23.8 Å². The first kappa shape index (κ1) is 16.3. The minimum Gasteiger partial charge on any atom is -0.370 e. The van der Waals surface area contributed by atoms with Crippen LogP contribution in [0.4, 0.5) is 19.0 Å². The van der Waals surface area contributed by atoms with Crippen molar-refractivity contribution >= 4 is 21.7 Å². The summed E-state index contributed by atoms with van der Waals surface area (Å²) >= 11 is 3.34. The van der Waals surface area contributed by atoms with Crippen molar-refractivity contribution in [2.75, 3.05) is 24.6 Å². The zero-order chi connectivity index (χ0) is 16.4. The van der Waals surface area contributed by atoms with Gasteiger partial charge in [-0.05, 0) is 45.8 Å². The van der Waals surface area contributed by atoms with Crippen molar-refractivity contribution in [3.05, 3.63) is 58.2 Å². The Morgan fingerprint density at radius 2 is 1.87 bits per heavy atom. The highest BCUT2D eigenvalue weighted by Crippen LogP contribution is 2.31. The van der Waals surface area contributed by atoms with Gasteiger partial charge in [-0.3, -0.25) is 0 Å². The molecule has 7 heteroatoms. The van der Waals surface area contributed by atoms with Gasteiger partial charge in [0.15, 0.2) is 0 Å². The number of morpholine rings is 1. The molecule has 3 rings (SSSR count). The van der Waals surface area contributed by atoms with Crippen LogP contribution in [0.5, 0.6) is 0 Å². The number of anilines is 1. The van der Waals surface area contributed by atoms with Gasteiger partial charge in [0.2, 0.25) is 0 Å². The van der Waals surface area contributed by atoms with E-state index in [1.165, 1.54) is 12.1 Å². The molecule has 0 aliphatic carbocycles. The lowest BCUT2D eigenvalue weighted by Crippen LogP contribution is -2.38.